The molecule has 5 nitrogen and oxygen atoms in total. The fourth-order valence-corrected chi connectivity index (χ4v) is 3.23. The molecule has 128 valence electrons. The molecule has 1 aromatic heterocycles. The highest BCUT2D eigenvalue weighted by atomic mass is 35.5. The predicted molar refractivity (Wildman–Crippen MR) is 101 cm³/mol. The molecule has 4 rings (SSSR count). The van der Waals surface area contributed by atoms with Gasteiger partial charge in [0.1, 0.15) is 18.2 Å². The third-order valence-corrected chi connectivity index (χ3v) is 4.55. The first kappa shape index (κ1) is 15.8. The molecule has 0 unspecified atom stereocenters. The second kappa shape index (κ2) is 6.33. The minimum Gasteiger partial charge on any atom is -0.490 e. The number of ether oxygens (including phenoxy) is 1. The van der Waals surface area contributed by atoms with E-state index in [1.54, 1.807) is 0 Å². The first-order valence-electron chi connectivity index (χ1n) is 8.19. The SMILES string of the molecule is Cc1ccc(-n2nc(N)cc2CN2CCOc3ccc(Cl)cc32)cc1. The fraction of sp³-hybridized carbons (Fsp3) is 0.211. The summed E-state index contributed by atoms with van der Waals surface area (Å²) in [5, 5.41) is 5.16. The predicted octanol–water partition coefficient (Wildman–Crippen LogP) is 3.82. The second-order valence-electron chi connectivity index (χ2n) is 6.19. The maximum absolute atomic E-state index is 6.17. The molecule has 3 aromatic rings. The van der Waals surface area contributed by atoms with Gasteiger partial charge < -0.3 is 15.4 Å². The molecule has 1 aliphatic rings. The van der Waals surface area contributed by atoms with Crippen molar-refractivity contribution in [1.29, 1.82) is 0 Å². The largest absolute Gasteiger partial charge is 0.490 e. The zero-order valence-electron chi connectivity index (χ0n) is 13.9. The Morgan fingerprint density at radius 3 is 2.76 bits per heavy atom. The Hall–Kier alpha value is -2.66. The van der Waals surface area contributed by atoms with Crippen LogP contribution in [0, 0.1) is 6.92 Å². The van der Waals surface area contributed by atoms with E-state index >= 15 is 0 Å². The molecule has 2 N–H and O–H groups in total. The van der Waals surface area contributed by atoms with Gasteiger partial charge in [0.05, 0.1) is 30.2 Å². The number of aryl methyl sites for hydroxylation is 1. The molecule has 0 saturated carbocycles. The Morgan fingerprint density at radius 2 is 1.96 bits per heavy atom. The monoisotopic (exact) mass is 354 g/mol. The van der Waals surface area contributed by atoms with Crippen LogP contribution >= 0.6 is 11.6 Å². The molecular weight excluding hydrogens is 336 g/mol. The number of nitrogen functional groups attached to an aromatic ring is 1. The van der Waals surface area contributed by atoms with Gasteiger partial charge in [0.15, 0.2) is 0 Å². The highest BCUT2D eigenvalue weighted by Crippen LogP contribution is 2.35. The van der Waals surface area contributed by atoms with Crippen LogP contribution in [0.25, 0.3) is 5.69 Å². The molecule has 0 saturated heterocycles. The Labute approximate surface area is 151 Å². The van der Waals surface area contributed by atoms with Crippen LogP contribution < -0.4 is 15.4 Å². The topological polar surface area (TPSA) is 56.3 Å². The highest BCUT2D eigenvalue weighted by Gasteiger charge is 2.20. The molecule has 2 aromatic carbocycles. The number of fused-ring (bicyclic) bond motifs is 1. The molecule has 0 radical (unpaired) electrons. The molecule has 0 aliphatic carbocycles. The number of hydrogen-bond acceptors (Lipinski definition) is 4. The van der Waals surface area contributed by atoms with Gasteiger partial charge in [0, 0.05) is 11.1 Å². The van der Waals surface area contributed by atoms with Gasteiger partial charge in [-0.2, -0.15) is 5.10 Å². The number of hydrogen-bond donors (Lipinski definition) is 1. The summed E-state index contributed by atoms with van der Waals surface area (Å²) in [6.45, 7) is 4.17. The molecule has 25 heavy (non-hydrogen) atoms. The number of nitrogens with zero attached hydrogens (tertiary/aromatic N) is 3. The van der Waals surface area contributed by atoms with Gasteiger partial charge in [-0.05, 0) is 37.3 Å². The van der Waals surface area contributed by atoms with Crippen LogP contribution in [-0.2, 0) is 6.54 Å². The molecule has 0 atom stereocenters. The van der Waals surface area contributed by atoms with E-state index in [4.69, 9.17) is 22.1 Å². The number of anilines is 2. The maximum atomic E-state index is 6.17. The Morgan fingerprint density at radius 1 is 1.16 bits per heavy atom. The van der Waals surface area contributed by atoms with E-state index < -0.39 is 0 Å². The van der Waals surface area contributed by atoms with E-state index in [2.05, 4.69) is 41.2 Å². The third-order valence-electron chi connectivity index (χ3n) is 4.31. The van der Waals surface area contributed by atoms with Crippen molar-refractivity contribution in [2.75, 3.05) is 23.8 Å². The van der Waals surface area contributed by atoms with Gasteiger partial charge in [0.2, 0.25) is 0 Å². The lowest BCUT2D eigenvalue weighted by molar-refractivity contribution is 0.306. The van der Waals surface area contributed by atoms with Crippen LogP contribution in [0.5, 0.6) is 5.75 Å². The molecular formula is C19H19ClN4O. The van der Waals surface area contributed by atoms with Crippen LogP contribution in [0.2, 0.25) is 5.02 Å². The first-order chi connectivity index (χ1) is 12.1. The normalized spacial score (nSPS) is 13.4. The van der Waals surface area contributed by atoms with E-state index in [1.807, 2.05) is 28.9 Å². The van der Waals surface area contributed by atoms with Gasteiger partial charge in [-0.25, -0.2) is 4.68 Å². The van der Waals surface area contributed by atoms with E-state index in [9.17, 15) is 0 Å². The molecule has 0 fully saturated rings. The van der Waals surface area contributed by atoms with Gasteiger partial charge in [-0.15, -0.1) is 0 Å². The summed E-state index contributed by atoms with van der Waals surface area (Å²) in [5.74, 6) is 1.36. The highest BCUT2D eigenvalue weighted by molar-refractivity contribution is 6.30. The van der Waals surface area contributed by atoms with Crippen LogP contribution in [0.3, 0.4) is 0 Å². The smallest absolute Gasteiger partial charge is 0.146 e. The summed E-state index contributed by atoms with van der Waals surface area (Å²) in [6, 6.07) is 15.9. The van der Waals surface area contributed by atoms with Gasteiger partial charge in [0.25, 0.3) is 0 Å². The summed E-state index contributed by atoms with van der Waals surface area (Å²) in [7, 11) is 0. The Kier molecular flexibility index (Phi) is 4.01. The van der Waals surface area contributed by atoms with Crippen molar-refractivity contribution in [3.05, 3.63) is 64.8 Å². The van der Waals surface area contributed by atoms with Crippen LogP contribution in [0.15, 0.2) is 48.5 Å². The zero-order chi connectivity index (χ0) is 17.4. The van der Waals surface area contributed by atoms with E-state index in [1.165, 1.54) is 5.56 Å². The van der Waals surface area contributed by atoms with E-state index in [-0.39, 0.29) is 0 Å². The summed E-state index contributed by atoms with van der Waals surface area (Å²) in [6.07, 6.45) is 0. The van der Waals surface area contributed by atoms with Crippen molar-refractivity contribution in [2.45, 2.75) is 13.5 Å². The average molecular weight is 355 g/mol. The molecule has 2 heterocycles. The molecule has 0 spiro atoms. The van der Waals surface area contributed by atoms with E-state index in [0.717, 1.165) is 29.4 Å². The fourth-order valence-electron chi connectivity index (χ4n) is 3.07. The van der Waals surface area contributed by atoms with Crippen molar-refractivity contribution < 1.29 is 4.74 Å². The number of nitrogens with two attached hydrogens (primary N) is 1. The Bertz CT molecular complexity index is 904. The molecule has 0 amide bonds. The summed E-state index contributed by atoms with van der Waals surface area (Å²) < 4.78 is 7.63. The van der Waals surface area contributed by atoms with E-state index in [0.29, 0.717) is 24.0 Å². The Balaban J connectivity index is 1.69. The van der Waals surface area contributed by atoms with Crippen LogP contribution in [0.1, 0.15) is 11.3 Å². The summed E-state index contributed by atoms with van der Waals surface area (Å²) in [5.41, 5.74) is 10.2. The number of benzene rings is 2. The van der Waals surface area contributed by atoms with Crippen molar-refractivity contribution in [1.82, 2.24) is 9.78 Å². The lowest BCUT2D eigenvalue weighted by atomic mass is 10.2. The second-order valence-corrected chi connectivity index (χ2v) is 6.63. The van der Waals surface area contributed by atoms with Crippen molar-refractivity contribution >= 4 is 23.1 Å². The first-order valence-corrected chi connectivity index (χ1v) is 8.57. The quantitative estimate of drug-likeness (QED) is 0.777. The maximum Gasteiger partial charge on any atom is 0.146 e. The average Bonchev–Trinajstić information content (AvgIpc) is 2.96. The van der Waals surface area contributed by atoms with Gasteiger partial charge in [-0.3, -0.25) is 0 Å². The van der Waals surface area contributed by atoms with Crippen LogP contribution in [0.4, 0.5) is 11.5 Å². The minimum atomic E-state index is 0.509. The van der Waals surface area contributed by atoms with Crippen molar-refractivity contribution in [2.24, 2.45) is 0 Å². The van der Waals surface area contributed by atoms with Gasteiger partial charge >= 0.3 is 0 Å². The molecule has 6 heteroatoms. The standard InChI is InChI=1S/C19H19ClN4O/c1-13-2-5-15(6-3-13)24-16(11-19(21)22-24)12-23-8-9-25-18-7-4-14(20)10-17(18)23/h2-7,10-11H,8-9,12H2,1H3,(H2,21,22). The third kappa shape index (κ3) is 3.15. The van der Waals surface area contributed by atoms with Crippen LogP contribution in [-0.4, -0.2) is 22.9 Å². The molecule has 1 aliphatic heterocycles. The number of halogens is 1. The lowest BCUT2D eigenvalue weighted by Crippen LogP contribution is -2.32. The number of aromatic nitrogens is 2. The summed E-state index contributed by atoms with van der Waals surface area (Å²) in [4.78, 5) is 2.24. The minimum absolute atomic E-state index is 0.509. The number of rotatable bonds is 3. The van der Waals surface area contributed by atoms with Crippen molar-refractivity contribution in [3.63, 3.8) is 0 Å². The molecule has 0 bridgehead atoms. The van der Waals surface area contributed by atoms with Crippen molar-refractivity contribution in [3.8, 4) is 11.4 Å². The van der Waals surface area contributed by atoms with Gasteiger partial charge in [-0.1, -0.05) is 29.3 Å². The lowest BCUT2D eigenvalue weighted by Gasteiger charge is -2.31. The summed E-state index contributed by atoms with van der Waals surface area (Å²) >= 11 is 6.17. The zero-order valence-corrected chi connectivity index (χ0v) is 14.7.